The highest BCUT2D eigenvalue weighted by atomic mass is 16.7. The minimum absolute atomic E-state index is 0.247. The van der Waals surface area contributed by atoms with Gasteiger partial charge in [-0.1, -0.05) is 367 Å². The second-order valence-corrected chi connectivity index (χ2v) is 29.6. The summed E-state index contributed by atoms with van der Waals surface area (Å²) in [4.78, 5) is 13.4. The highest BCUT2D eigenvalue weighted by Gasteiger charge is 2.51. The van der Waals surface area contributed by atoms with Gasteiger partial charge in [0, 0.05) is 6.42 Å². The van der Waals surface area contributed by atoms with Gasteiger partial charge in [-0.15, -0.1) is 0 Å². The number of ether oxygens (including phenoxy) is 4. The molecule has 2 saturated heterocycles. The van der Waals surface area contributed by atoms with E-state index in [2.05, 4.69) is 116 Å². The third-order valence-electron chi connectivity index (χ3n) is 20.2. The first kappa shape index (κ1) is 95.7. The molecule has 2 rings (SSSR count). The molecule has 2 fully saturated rings. The average molecular weight is 1450 g/mol. The van der Waals surface area contributed by atoms with Gasteiger partial charge in [-0.3, -0.25) is 4.79 Å². The van der Waals surface area contributed by atoms with Gasteiger partial charge in [0.1, 0.15) is 48.8 Å². The van der Waals surface area contributed by atoms with E-state index in [0.717, 1.165) is 77.0 Å². The third kappa shape index (κ3) is 54.0. The number of hydrogen-bond acceptors (Lipinski definition) is 13. The quantitative estimate of drug-likeness (QED) is 0.0204. The van der Waals surface area contributed by atoms with Gasteiger partial charge in [-0.05, 0) is 89.9 Å². The standard InChI is InChI=1S/C89H157NO13/c1-3-5-7-9-11-13-15-17-19-21-23-25-27-29-31-33-35-36-37-38-39-40-41-42-43-45-47-49-51-53-55-57-59-61-63-65-67-69-71-73-81(94)90-77(76-100-88-86(99)84(97)87(80(75-92)102-88)103-89-85(98)83(96)82(95)79(74-91)101-89)78(93)72-70-68-66-64-62-60-58-56-54-52-50-48-46-44-34-32-30-28-26-24-22-20-18-16-14-12-10-8-6-4-2/h5,7,11,13,17,19,23,25,29,31,35-36,38-39,62,64,70,72,77-80,82-89,91-93,95-99H,3-4,6,8-10,12,14-16,18,20-22,24,26-28,30,32-34,37,40-61,63,65-69,71,73-76H2,1-2H3,(H,90,94)/b7-5-,13-11-,19-17-,25-23-,31-29-,36-35-,39-38-,64-62+,72-70+. The highest BCUT2D eigenvalue weighted by molar-refractivity contribution is 5.76. The highest BCUT2D eigenvalue weighted by Crippen LogP contribution is 2.30. The number of rotatable bonds is 71. The van der Waals surface area contributed by atoms with E-state index in [1.807, 2.05) is 6.08 Å². The third-order valence-corrected chi connectivity index (χ3v) is 20.2. The van der Waals surface area contributed by atoms with Crippen molar-refractivity contribution in [1.29, 1.82) is 0 Å². The largest absolute Gasteiger partial charge is 0.394 e. The lowest BCUT2D eigenvalue weighted by atomic mass is 9.97. The Balaban J connectivity index is 1.60. The zero-order chi connectivity index (χ0) is 74.4. The van der Waals surface area contributed by atoms with Gasteiger partial charge >= 0.3 is 0 Å². The maximum Gasteiger partial charge on any atom is 0.220 e. The first-order chi connectivity index (χ1) is 50.6. The summed E-state index contributed by atoms with van der Waals surface area (Å²) in [6.07, 6.45) is 87.6. The van der Waals surface area contributed by atoms with Crippen molar-refractivity contribution in [2.24, 2.45) is 0 Å². The van der Waals surface area contributed by atoms with E-state index in [-0.39, 0.29) is 18.9 Å². The molecule has 14 heteroatoms. The van der Waals surface area contributed by atoms with Gasteiger partial charge in [-0.2, -0.15) is 0 Å². The molecule has 1 amide bonds. The monoisotopic (exact) mass is 1450 g/mol. The maximum atomic E-state index is 13.4. The molecule has 0 aliphatic carbocycles. The summed E-state index contributed by atoms with van der Waals surface area (Å²) in [6, 6.07) is -0.939. The van der Waals surface area contributed by atoms with Gasteiger partial charge in [0.25, 0.3) is 0 Å². The van der Waals surface area contributed by atoms with Crippen molar-refractivity contribution < 1.29 is 64.6 Å². The fourth-order valence-electron chi connectivity index (χ4n) is 13.5. The van der Waals surface area contributed by atoms with Crippen molar-refractivity contribution in [3.05, 3.63) is 109 Å². The molecule has 0 aromatic carbocycles. The summed E-state index contributed by atoms with van der Waals surface area (Å²) in [6.45, 7) is 2.71. The molecule has 0 radical (unpaired) electrons. The Morgan fingerprint density at radius 1 is 0.359 bits per heavy atom. The van der Waals surface area contributed by atoms with Crippen LogP contribution in [0.1, 0.15) is 354 Å². The lowest BCUT2D eigenvalue weighted by molar-refractivity contribution is -0.359. The molecule has 103 heavy (non-hydrogen) atoms. The van der Waals surface area contributed by atoms with Crippen LogP contribution in [0.5, 0.6) is 0 Å². The summed E-state index contributed by atoms with van der Waals surface area (Å²) < 4.78 is 22.9. The summed E-state index contributed by atoms with van der Waals surface area (Å²) in [7, 11) is 0. The summed E-state index contributed by atoms with van der Waals surface area (Å²) in [5.41, 5.74) is 0. The molecule has 0 saturated carbocycles. The van der Waals surface area contributed by atoms with Crippen LogP contribution in [0, 0.1) is 0 Å². The number of aliphatic hydroxyl groups excluding tert-OH is 8. The fourth-order valence-corrected chi connectivity index (χ4v) is 13.5. The number of carbonyl (C=O) groups excluding carboxylic acids is 1. The molecule has 0 spiro atoms. The van der Waals surface area contributed by atoms with E-state index < -0.39 is 86.8 Å². The minimum Gasteiger partial charge on any atom is -0.394 e. The van der Waals surface area contributed by atoms with Crippen molar-refractivity contribution >= 4 is 5.91 Å². The van der Waals surface area contributed by atoms with Crippen molar-refractivity contribution in [1.82, 2.24) is 5.32 Å². The molecule has 0 aromatic rings. The summed E-state index contributed by atoms with van der Waals surface area (Å²) >= 11 is 0. The van der Waals surface area contributed by atoms with Crippen LogP contribution in [-0.2, 0) is 23.7 Å². The first-order valence-electron chi connectivity index (χ1n) is 42.6. The van der Waals surface area contributed by atoms with E-state index in [1.165, 1.54) is 244 Å². The lowest BCUT2D eigenvalue weighted by Gasteiger charge is -2.46. The molecule has 0 bridgehead atoms. The number of aliphatic hydroxyl groups is 8. The second kappa shape index (κ2) is 71.6. The number of unbranched alkanes of at least 4 members (excludes halogenated alkanes) is 42. The van der Waals surface area contributed by atoms with Crippen LogP contribution in [0.2, 0.25) is 0 Å². The van der Waals surface area contributed by atoms with Crippen molar-refractivity contribution in [2.45, 2.75) is 428 Å². The topological polar surface area (TPSA) is 228 Å². The molecule has 0 aromatic heterocycles. The Bertz CT molecular complexity index is 2150. The number of carbonyl (C=O) groups is 1. The van der Waals surface area contributed by atoms with Crippen LogP contribution in [0.25, 0.3) is 0 Å². The Hall–Kier alpha value is -3.35. The van der Waals surface area contributed by atoms with Gasteiger partial charge in [0.15, 0.2) is 12.6 Å². The summed E-state index contributed by atoms with van der Waals surface area (Å²) in [5, 5.41) is 87.8. The normalized spacial score (nSPS) is 22.1. The molecular formula is C89H157NO13. The predicted molar refractivity (Wildman–Crippen MR) is 429 cm³/mol. The van der Waals surface area contributed by atoms with E-state index in [0.29, 0.717) is 12.8 Å². The van der Waals surface area contributed by atoms with Crippen LogP contribution in [0.15, 0.2) is 109 Å². The van der Waals surface area contributed by atoms with Gasteiger partial charge < -0.3 is 65.1 Å². The molecular weight excluding hydrogens is 1290 g/mol. The zero-order valence-electron chi connectivity index (χ0n) is 65.5. The van der Waals surface area contributed by atoms with Crippen LogP contribution < -0.4 is 5.32 Å². The smallest absolute Gasteiger partial charge is 0.220 e. The van der Waals surface area contributed by atoms with E-state index in [4.69, 9.17) is 18.9 Å². The number of hydrogen-bond donors (Lipinski definition) is 9. The molecule has 596 valence electrons. The molecule has 14 nitrogen and oxygen atoms in total. The Morgan fingerprint density at radius 2 is 0.680 bits per heavy atom. The molecule has 12 unspecified atom stereocenters. The van der Waals surface area contributed by atoms with Crippen LogP contribution in [-0.4, -0.2) is 140 Å². The molecule has 2 aliphatic rings. The van der Waals surface area contributed by atoms with Gasteiger partial charge in [0.2, 0.25) is 5.91 Å². The van der Waals surface area contributed by atoms with Crippen LogP contribution in [0.4, 0.5) is 0 Å². The van der Waals surface area contributed by atoms with Crippen LogP contribution in [0.3, 0.4) is 0 Å². The Kier molecular flexibility index (Phi) is 66.5. The maximum absolute atomic E-state index is 13.4. The van der Waals surface area contributed by atoms with Crippen LogP contribution >= 0.6 is 0 Å². The minimum atomic E-state index is -1.80. The number of allylic oxidation sites excluding steroid dienone is 17. The zero-order valence-corrected chi connectivity index (χ0v) is 65.5. The first-order valence-corrected chi connectivity index (χ1v) is 42.6. The Morgan fingerprint density at radius 3 is 1.07 bits per heavy atom. The van der Waals surface area contributed by atoms with Crippen molar-refractivity contribution in [3.63, 3.8) is 0 Å². The molecule has 2 heterocycles. The second-order valence-electron chi connectivity index (χ2n) is 29.6. The fraction of sp³-hybridized carbons (Fsp3) is 0.787. The predicted octanol–water partition coefficient (Wildman–Crippen LogP) is 20.2. The lowest BCUT2D eigenvalue weighted by Crippen LogP contribution is -2.65. The SMILES string of the molecule is CC/C=C\C/C=C\C/C=C\C/C=C\C/C=C\C/C=C\C/C=C\CCCCCCCCCCCCCCCCCCCC(=O)NC(COC1OC(CO)C(OC2OC(CO)C(O)C(O)C2O)C(O)C1O)C(O)/C=C/CC/C=C/CCCCCCCCCCCCCCCCCCCCCCCCCC. The average Bonchev–Trinajstić information content (AvgIpc) is 0.791. The van der Waals surface area contributed by atoms with Gasteiger partial charge in [-0.25, -0.2) is 0 Å². The number of nitrogens with one attached hydrogen (secondary N) is 1. The van der Waals surface area contributed by atoms with E-state index in [1.54, 1.807) is 6.08 Å². The molecule has 2 aliphatic heterocycles. The van der Waals surface area contributed by atoms with E-state index >= 15 is 0 Å². The molecule has 12 atom stereocenters. The van der Waals surface area contributed by atoms with E-state index in [9.17, 15) is 45.6 Å². The Labute approximate surface area is 629 Å². The summed E-state index contributed by atoms with van der Waals surface area (Å²) in [5.74, 6) is -0.247. The van der Waals surface area contributed by atoms with Gasteiger partial charge in [0.05, 0.1) is 32.0 Å². The van der Waals surface area contributed by atoms with Crippen molar-refractivity contribution in [3.8, 4) is 0 Å². The molecule has 9 N–H and O–H groups in total. The van der Waals surface area contributed by atoms with Crippen molar-refractivity contribution in [2.75, 3.05) is 19.8 Å². The number of amides is 1.